The van der Waals surface area contributed by atoms with Crippen molar-refractivity contribution in [3.8, 4) is 0 Å². The minimum Gasteiger partial charge on any atom is -0.370 e. The molecule has 2 rings (SSSR count). The van der Waals surface area contributed by atoms with Crippen LogP contribution in [0.25, 0.3) is 0 Å². The third-order valence-electron chi connectivity index (χ3n) is 2.96. The molecule has 0 aliphatic carbocycles. The SMILES string of the molecule is I.NC(=NCCC(F)(F)F)N1CCN(c2nccs2)CC1. The van der Waals surface area contributed by atoms with Crippen molar-refractivity contribution in [2.45, 2.75) is 12.6 Å². The molecule has 0 aromatic carbocycles. The molecule has 10 heteroatoms. The average molecular weight is 435 g/mol. The van der Waals surface area contributed by atoms with Gasteiger partial charge in [0.2, 0.25) is 0 Å². The van der Waals surface area contributed by atoms with Crippen molar-refractivity contribution in [3.63, 3.8) is 0 Å². The number of aromatic nitrogens is 1. The standard InChI is InChI=1S/C11H16F3N5S.HI/c12-11(13,14)1-2-16-9(15)18-4-6-19(7-5-18)10-17-3-8-20-10;/h3,8H,1-2,4-7H2,(H2,15,16);1H. The Balaban J connectivity index is 0.00000220. The van der Waals surface area contributed by atoms with Crippen LogP contribution < -0.4 is 10.6 Å². The van der Waals surface area contributed by atoms with Crippen LogP contribution in [0.4, 0.5) is 18.3 Å². The van der Waals surface area contributed by atoms with Gasteiger partial charge in [0.05, 0.1) is 13.0 Å². The highest BCUT2D eigenvalue weighted by Gasteiger charge is 2.26. The Hall–Kier alpha value is -0.780. The Morgan fingerprint density at radius 2 is 2.00 bits per heavy atom. The van der Waals surface area contributed by atoms with E-state index in [4.69, 9.17) is 5.73 Å². The van der Waals surface area contributed by atoms with Crippen LogP contribution in [0.2, 0.25) is 0 Å². The number of hydrogen-bond acceptors (Lipinski definition) is 4. The summed E-state index contributed by atoms with van der Waals surface area (Å²) >= 11 is 1.57. The molecule has 1 aromatic heterocycles. The third kappa shape index (κ3) is 5.85. The molecule has 1 aromatic rings. The molecule has 0 bridgehead atoms. The summed E-state index contributed by atoms with van der Waals surface area (Å²) in [6, 6.07) is 0. The number of piperazine rings is 1. The molecule has 0 radical (unpaired) electrons. The molecule has 0 unspecified atom stereocenters. The van der Waals surface area contributed by atoms with E-state index in [-0.39, 0.29) is 36.5 Å². The summed E-state index contributed by atoms with van der Waals surface area (Å²) in [5, 5.41) is 2.87. The van der Waals surface area contributed by atoms with Gasteiger partial charge in [0.25, 0.3) is 0 Å². The van der Waals surface area contributed by atoms with Gasteiger partial charge in [-0.05, 0) is 0 Å². The van der Waals surface area contributed by atoms with Gasteiger partial charge >= 0.3 is 6.18 Å². The minimum absolute atomic E-state index is 0. The van der Waals surface area contributed by atoms with Crippen LogP contribution >= 0.6 is 35.3 Å². The van der Waals surface area contributed by atoms with Crippen LogP contribution in [0.5, 0.6) is 0 Å². The van der Waals surface area contributed by atoms with Crippen LogP contribution in [0.3, 0.4) is 0 Å². The van der Waals surface area contributed by atoms with E-state index in [1.807, 2.05) is 5.38 Å². The van der Waals surface area contributed by atoms with Gasteiger partial charge in [-0.25, -0.2) is 4.98 Å². The largest absolute Gasteiger partial charge is 0.390 e. The van der Waals surface area contributed by atoms with Gasteiger partial charge in [0.15, 0.2) is 11.1 Å². The van der Waals surface area contributed by atoms with Crippen LogP contribution in [-0.2, 0) is 0 Å². The normalized spacial score (nSPS) is 16.8. The summed E-state index contributed by atoms with van der Waals surface area (Å²) in [6.45, 7) is 2.44. The first kappa shape index (κ1) is 18.3. The lowest BCUT2D eigenvalue weighted by atomic mass is 10.3. The quantitative estimate of drug-likeness (QED) is 0.449. The number of halogens is 4. The Bertz CT molecular complexity index is 443. The minimum atomic E-state index is -4.19. The molecule has 21 heavy (non-hydrogen) atoms. The Morgan fingerprint density at radius 3 is 2.52 bits per heavy atom. The van der Waals surface area contributed by atoms with Crippen LogP contribution in [0, 0.1) is 0 Å². The summed E-state index contributed by atoms with van der Waals surface area (Å²) in [5.41, 5.74) is 5.72. The van der Waals surface area contributed by atoms with Crippen LogP contribution in [0.15, 0.2) is 16.6 Å². The van der Waals surface area contributed by atoms with E-state index in [1.54, 1.807) is 22.4 Å². The molecule has 0 spiro atoms. The zero-order valence-electron chi connectivity index (χ0n) is 11.2. The average Bonchev–Trinajstić information content (AvgIpc) is 2.91. The predicted molar refractivity (Wildman–Crippen MR) is 88.5 cm³/mol. The molecule has 120 valence electrons. The molecule has 1 fully saturated rings. The number of aliphatic imine (C=N–C) groups is 1. The second-order valence-electron chi connectivity index (χ2n) is 4.39. The van der Waals surface area contributed by atoms with E-state index < -0.39 is 12.6 Å². The smallest absolute Gasteiger partial charge is 0.370 e. The molecule has 0 atom stereocenters. The zero-order valence-corrected chi connectivity index (χ0v) is 14.4. The number of guanidine groups is 1. The molecule has 2 heterocycles. The summed E-state index contributed by atoms with van der Waals surface area (Å²) in [7, 11) is 0. The summed E-state index contributed by atoms with van der Waals surface area (Å²) in [6.07, 6.45) is -3.38. The number of thiazole rings is 1. The number of hydrogen-bond donors (Lipinski definition) is 1. The summed E-state index contributed by atoms with van der Waals surface area (Å²) < 4.78 is 36.1. The fourth-order valence-electron chi connectivity index (χ4n) is 1.90. The molecule has 2 N–H and O–H groups in total. The van der Waals surface area contributed by atoms with Gasteiger partial charge in [0, 0.05) is 37.8 Å². The highest BCUT2D eigenvalue weighted by molar-refractivity contribution is 14.0. The molecule has 0 saturated carbocycles. The van der Waals surface area contributed by atoms with Gasteiger partial charge in [-0.1, -0.05) is 0 Å². The molecular weight excluding hydrogens is 418 g/mol. The summed E-state index contributed by atoms with van der Waals surface area (Å²) in [5.74, 6) is 0.188. The monoisotopic (exact) mass is 435 g/mol. The second-order valence-corrected chi connectivity index (χ2v) is 5.27. The van der Waals surface area contributed by atoms with Crippen molar-refractivity contribution in [2.24, 2.45) is 10.7 Å². The first-order chi connectivity index (χ1) is 9.46. The van der Waals surface area contributed by atoms with Crippen molar-refractivity contribution in [3.05, 3.63) is 11.6 Å². The second kappa shape index (κ2) is 8.01. The van der Waals surface area contributed by atoms with Crippen LogP contribution in [-0.4, -0.2) is 54.7 Å². The van der Waals surface area contributed by atoms with Gasteiger partial charge in [-0.3, -0.25) is 4.99 Å². The van der Waals surface area contributed by atoms with E-state index in [2.05, 4.69) is 14.9 Å². The maximum atomic E-state index is 12.0. The van der Waals surface area contributed by atoms with Crippen molar-refractivity contribution >= 4 is 46.4 Å². The number of rotatable bonds is 3. The number of nitrogens with zero attached hydrogens (tertiary/aromatic N) is 4. The number of alkyl halides is 3. The van der Waals surface area contributed by atoms with Gasteiger partial charge in [-0.2, -0.15) is 13.2 Å². The maximum absolute atomic E-state index is 12.0. The number of nitrogens with two attached hydrogens (primary N) is 1. The van der Waals surface area contributed by atoms with E-state index in [9.17, 15) is 13.2 Å². The van der Waals surface area contributed by atoms with E-state index in [0.29, 0.717) is 13.1 Å². The Labute approximate surface area is 142 Å². The fraction of sp³-hybridized carbons (Fsp3) is 0.636. The third-order valence-corrected chi connectivity index (χ3v) is 3.79. The zero-order chi connectivity index (χ0) is 14.6. The highest BCUT2D eigenvalue weighted by atomic mass is 127. The maximum Gasteiger partial charge on any atom is 0.390 e. The van der Waals surface area contributed by atoms with E-state index in [1.165, 1.54) is 0 Å². The number of anilines is 1. The predicted octanol–water partition coefficient (Wildman–Crippen LogP) is 2.15. The van der Waals surface area contributed by atoms with Crippen molar-refractivity contribution < 1.29 is 13.2 Å². The lowest BCUT2D eigenvalue weighted by molar-refractivity contribution is -0.132. The highest BCUT2D eigenvalue weighted by Crippen LogP contribution is 2.20. The molecule has 1 aliphatic heterocycles. The van der Waals surface area contributed by atoms with Crippen molar-refractivity contribution in [1.82, 2.24) is 9.88 Å². The Morgan fingerprint density at radius 1 is 1.33 bits per heavy atom. The lowest BCUT2D eigenvalue weighted by Crippen LogP contribution is -2.51. The van der Waals surface area contributed by atoms with Crippen molar-refractivity contribution in [2.75, 3.05) is 37.6 Å². The molecule has 0 amide bonds. The van der Waals surface area contributed by atoms with Gasteiger partial charge in [-0.15, -0.1) is 35.3 Å². The fourth-order valence-corrected chi connectivity index (χ4v) is 2.59. The Kier molecular flexibility index (Phi) is 6.97. The van der Waals surface area contributed by atoms with Crippen molar-refractivity contribution in [1.29, 1.82) is 0 Å². The first-order valence-corrected chi connectivity index (χ1v) is 7.10. The topological polar surface area (TPSA) is 57.8 Å². The van der Waals surface area contributed by atoms with E-state index in [0.717, 1.165) is 18.2 Å². The van der Waals surface area contributed by atoms with Gasteiger partial charge < -0.3 is 15.5 Å². The molecule has 1 aliphatic rings. The van der Waals surface area contributed by atoms with E-state index >= 15 is 0 Å². The molecular formula is C11H17F3IN5S. The molecule has 1 saturated heterocycles. The van der Waals surface area contributed by atoms with Gasteiger partial charge in [0.1, 0.15) is 0 Å². The van der Waals surface area contributed by atoms with Crippen LogP contribution in [0.1, 0.15) is 6.42 Å². The summed E-state index contributed by atoms with van der Waals surface area (Å²) in [4.78, 5) is 12.0. The lowest BCUT2D eigenvalue weighted by Gasteiger charge is -2.35. The first-order valence-electron chi connectivity index (χ1n) is 6.22. The molecule has 5 nitrogen and oxygen atoms in total.